The van der Waals surface area contributed by atoms with Crippen LogP contribution in [0.15, 0.2) is 0 Å². The number of hydrogen-bond donors (Lipinski definition) is 4. The topological polar surface area (TPSA) is 122 Å². The Morgan fingerprint density at radius 3 is 1.58 bits per heavy atom. The molecule has 2 aliphatic rings. The maximum atomic E-state index is 11.1. The fraction of sp³-hybridized carbons (Fsp3) is 0.818. The predicted molar refractivity (Wildman–Crippen MR) is 62.4 cm³/mol. The highest BCUT2D eigenvalue weighted by Gasteiger charge is 2.41. The number of likely N-dealkylation sites (tertiary alicyclic amines) is 2. The second kappa shape index (κ2) is 5.41. The molecule has 108 valence electrons. The third kappa shape index (κ3) is 3.03. The van der Waals surface area contributed by atoms with Gasteiger partial charge >= 0.3 is 11.9 Å². The largest absolute Gasteiger partial charge is 0.480 e. The molecule has 0 saturated carbocycles. The van der Waals surface area contributed by atoms with Crippen LogP contribution in [0.3, 0.4) is 0 Å². The Labute approximate surface area is 109 Å². The van der Waals surface area contributed by atoms with Crippen molar-refractivity contribution >= 4 is 11.9 Å². The van der Waals surface area contributed by atoms with E-state index in [9.17, 15) is 19.8 Å². The van der Waals surface area contributed by atoms with Gasteiger partial charge < -0.3 is 20.4 Å². The number of hydrogen-bond acceptors (Lipinski definition) is 6. The first-order valence-electron chi connectivity index (χ1n) is 6.18. The van der Waals surface area contributed by atoms with Crippen LogP contribution in [-0.4, -0.2) is 86.2 Å². The lowest BCUT2D eigenvalue weighted by atomic mass is 10.2. The first kappa shape index (κ1) is 14.2. The minimum atomic E-state index is -1.02. The van der Waals surface area contributed by atoms with Crippen LogP contribution in [0.4, 0.5) is 0 Å². The molecule has 0 spiro atoms. The van der Waals surface area contributed by atoms with Gasteiger partial charge in [-0.05, 0) is 0 Å². The summed E-state index contributed by atoms with van der Waals surface area (Å²) >= 11 is 0. The maximum Gasteiger partial charge on any atom is 0.321 e. The van der Waals surface area contributed by atoms with Crippen LogP contribution in [-0.2, 0) is 9.59 Å². The molecule has 2 saturated heterocycles. The number of nitrogens with zero attached hydrogens (tertiary/aromatic N) is 2. The van der Waals surface area contributed by atoms with Gasteiger partial charge in [0.05, 0.1) is 18.9 Å². The number of carbonyl (C=O) groups is 2. The second-order valence-electron chi connectivity index (χ2n) is 5.17. The van der Waals surface area contributed by atoms with Gasteiger partial charge in [0.25, 0.3) is 0 Å². The minimum Gasteiger partial charge on any atom is -0.480 e. The Hall–Kier alpha value is -1.22. The number of carboxylic acid groups (broad SMARTS) is 2. The Bertz CT molecular complexity index is 342. The molecule has 8 nitrogen and oxygen atoms in total. The van der Waals surface area contributed by atoms with Gasteiger partial charge in [-0.25, -0.2) is 0 Å². The van der Waals surface area contributed by atoms with Crippen molar-refractivity contribution in [3.63, 3.8) is 0 Å². The third-order valence-corrected chi connectivity index (χ3v) is 3.70. The third-order valence-electron chi connectivity index (χ3n) is 3.70. The van der Waals surface area contributed by atoms with Crippen molar-refractivity contribution in [1.29, 1.82) is 0 Å². The van der Waals surface area contributed by atoms with E-state index >= 15 is 0 Å². The highest BCUT2D eigenvalue weighted by molar-refractivity contribution is 5.74. The minimum absolute atomic E-state index is 0.127. The van der Waals surface area contributed by atoms with Crippen LogP contribution in [0.1, 0.15) is 12.8 Å². The molecular weight excluding hydrogens is 256 g/mol. The molecule has 2 aliphatic heterocycles. The zero-order valence-corrected chi connectivity index (χ0v) is 10.3. The van der Waals surface area contributed by atoms with Gasteiger partial charge in [-0.3, -0.25) is 19.4 Å². The van der Waals surface area contributed by atoms with Crippen LogP contribution < -0.4 is 0 Å². The van der Waals surface area contributed by atoms with E-state index in [0.29, 0.717) is 0 Å². The van der Waals surface area contributed by atoms with E-state index in [2.05, 4.69) is 0 Å². The zero-order chi connectivity index (χ0) is 14.2. The van der Waals surface area contributed by atoms with E-state index < -0.39 is 36.2 Å². The van der Waals surface area contributed by atoms with Gasteiger partial charge in [0, 0.05) is 25.9 Å². The molecule has 4 atom stereocenters. The number of aliphatic hydroxyl groups is 2. The van der Waals surface area contributed by atoms with Gasteiger partial charge in [-0.2, -0.15) is 0 Å². The summed E-state index contributed by atoms with van der Waals surface area (Å²) in [5.74, 6) is -2.05. The molecule has 2 fully saturated rings. The quantitative estimate of drug-likeness (QED) is 0.463. The van der Waals surface area contributed by atoms with E-state index in [-0.39, 0.29) is 32.6 Å². The molecule has 8 heteroatoms. The summed E-state index contributed by atoms with van der Waals surface area (Å²) < 4.78 is 0. The Morgan fingerprint density at radius 2 is 1.26 bits per heavy atom. The number of carboxylic acids is 2. The molecule has 0 aromatic rings. The van der Waals surface area contributed by atoms with Crippen molar-refractivity contribution in [2.75, 3.05) is 19.8 Å². The molecule has 0 bridgehead atoms. The van der Waals surface area contributed by atoms with E-state index in [0.717, 1.165) is 0 Å². The average Bonchev–Trinajstić information content (AvgIpc) is 2.82. The summed E-state index contributed by atoms with van der Waals surface area (Å²) in [6.07, 6.45) is -1.14. The Balaban J connectivity index is 2.03. The van der Waals surface area contributed by atoms with Crippen LogP contribution in [0, 0.1) is 0 Å². The molecule has 2 heterocycles. The predicted octanol–water partition coefficient (Wildman–Crippen LogP) is -2.02. The second-order valence-corrected chi connectivity index (χ2v) is 5.17. The lowest BCUT2D eigenvalue weighted by Gasteiger charge is -2.29. The summed E-state index contributed by atoms with van der Waals surface area (Å²) in [6.45, 7) is 0.536. The van der Waals surface area contributed by atoms with Crippen LogP contribution in [0.5, 0.6) is 0 Å². The molecule has 2 rings (SSSR count). The molecular formula is C11H18N2O6. The zero-order valence-electron chi connectivity index (χ0n) is 10.3. The Morgan fingerprint density at radius 1 is 0.895 bits per heavy atom. The summed E-state index contributed by atoms with van der Waals surface area (Å²) in [4.78, 5) is 25.2. The summed E-state index contributed by atoms with van der Waals surface area (Å²) in [5.41, 5.74) is 0. The molecule has 0 radical (unpaired) electrons. The van der Waals surface area contributed by atoms with Crippen LogP contribution in [0.25, 0.3) is 0 Å². The van der Waals surface area contributed by atoms with Gasteiger partial charge in [-0.1, -0.05) is 0 Å². The highest BCUT2D eigenvalue weighted by Crippen LogP contribution is 2.23. The van der Waals surface area contributed by atoms with Gasteiger partial charge in [-0.15, -0.1) is 0 Å². The molecule has 2 unspecified atom stereocenters. The van der Waals surface area contributed by atoms with Crippen molar-refractivity contribution in [3.05, 3.63) is 0 Å². The standard InChI is InChI=1S/C11H18N2O6/c14-6-1-8(10(16)17)12(3-6)5-13-4-7(15)2-9(13)11(18)19/h6-9,14-15H,1-5H2,(H,16,17)(H,18,19)/t6?,7?,8-,9-/m0/s1. The molecule has 4 N–H and O–H groups in total. The van der Waals surface area contributed by atoms with Crippen molar-refractivity contribution in [2.24, 2.45) is 0 Å². The van der Waals surface area contributed by atoms with Crippen LogP contribution >= 0.6 is 0 Å². The van der Waals surface area contributed by atoms with Crippen molar-refractivity contribution < 1.29 is 30.0 Å². The fourth-order valence-electron chi connectivity index (χ4n) is 2.82. The van der Waals surface area contributed by atoms with Gasteiger partial charge in [0.1, 0.15) is 12.1 Å². The lowest BCUT2D eigenvalue weighted by molar-refractivity contribution is -0.144. The smallest absolute Gasteiger partial charge is 0.321 e. The van der Waals surface area contributed by atoms with Crippen molar-refractivity contribution in [1.82, 2.24) is 9.80 Å². The number of aliphatic carboxylic acids is 2. The van der Waals surface area contributed by atoms with Gasteiger partial charge in [0.15, 0.2) is 0 Å². The van der Waals surface area contributed by atoms with E-state index in [1.807, 2.05) is 0 Å². The molecule has 19 heavy (non-hydrogen) atoms. The summed E-state index contributed by atoms with van der Waals surface area (Å²) in [5, 5.41) is 37.2. The summed E-state index contributed by atoms with van der Waals surface area (Å²) in [7, 11) is 0. The first-order valence-corrected chi connectivity index (χ1v) is 6.18. The lowest BCUT2D eigenvalue weighted by Crippen LogP contribution is -2.47. The SMILES string of the molecule is O=C(O)[C@@H]1CC(O)CN1CN1CC(O)C[C@H]1C(=O)O. The molecule has 0 aromatic heterocycles. The van der Waals surface area contributed by atoms with E-state index in [1.165, 1.54) is 0 Å². The molecule has 0 aliphatic carbocycles. The fourth-order valence-corrected chi connectivity index (χ4v) is 2.82. The summed E-state index contributed by atoms with van der Waals surface area (Å²) in [6, 6.07) is -1.61. The van der Waals surface area contributed by atoms with E-state index in [4.69, 9.17) is 10.2 Å². The number of aliphatic hydroxyl groups excluding tert-OH is 2. The number of rotatable bonds is 4. The monoisotopic (exact) mass is 274 g/mol. The molecule has 0 amide bonds. The normalized spacial score (nSPS) is 36.7. The first-order chi connectivity index (χ1) is 8.88. The highest BCUT2D eigenvalue weighted by atomic mass is 16.4. The van der Waals surface area contributed by atoms with Crippen molar-refractivity contribution in [3.8, 4) is 0 Å². The Kier molecular flexibility index (Phi) is 4.04. The van der Waals surface area contributed by atoms with Gasteiger partial charge in [0.2, 0.25) is 0 Å². The number of β-amino-alcohol motifs (C(OH)–C–C–N with tert-alkyl or cyclic N) is 2. The average molecular weight is 274 g/mol. The molecule has 0 aromatic carbocycles. The maximum absolute atomic E-state index is 11.1. The van der Waals surface area contributed by atoms with Crippen LogP contribution in [0.2, 0.25) is 0 Å². The van der Waals surface area contributed by atoms with E-state index in [1.54, 1.807) is 9.80 Å². The van der Waals surface area contributed by atoms with Crippen molar-refractivity contribution in [2.45, 2.75) is 37.1 Å².